The van der Waals surface area contributed by atoms with Crippen LogP contribution in [0.1, 0.15) is 39.5 Å². The highest BCUT2D eigenvalue weighted by molar-refractivity contribution is 4.72. The molecular weight excluding hydrogens is 160 g/mol. The summed E-state index contributed by atoms with van der Waals surface area (Å²) in [6.45, 7) is 8.39. The molecule has 0 aliphatic carbocycles. The Bertz CT molecular complexity index is 136. The third kappa shape index (κ3) is 4.10. The van der Waals surface area contributed by atoms with Crippen LogP contribution >= 0.6 is 0 Å². The standard InChI is InChI=1S/C11H24N2/c1-3-11(12)5-4-7-13-8-6-10(2)9-13/h10-11H,3-9,12H2,1-2H3. The molecule has 13 heavy (non-hydrogen) atoms. The molecule has 2 N–H and O–H groups in total. The number of hydrogen-bond donors (Lipinski definition) is 1. The van der Waals surface area contributed by atoms with Gasteiger partial charge < -0.3 is 10.6 Å². The average molecular weight is 184 g/mol. The maximum absolute atomic E-state index is 5.87. The molecule has 1 rings (SSSR count). The highest BCUT2D eigenvalue weighted by Crippen LogP contribution is 2.15. The summed E-state index contributed by atoms with van der Waals surface area (Å²) < 4.78 is 0. The minimum atomic E-state index is 0.431. The fourth-order valence-corrected chi connectivity index (χ4v) is 2.01. The van der Waals surface area contributed by atoms with Crippen LogP contribution < -0.4 is 5.73 Å². The predicted octanol–water partition coefficient (Wildman–Crippen LogP) is 1.85. The van der Waals surface area contributed by atoms with Crippen LogP contribution in [0.5, 0.6) is 0 Å². The first-order chi connectivity index (χ1) is 6.22. The molecule has 1 saturated heterocycles. The minimum absolute atomic E-state index is 0.431. The van der Waals surface area contributed by atoms with Gasteiger partial charge in [-0.15, -0.1) is 0 Å². The highest BCUT2D eigenvalue weighted by atomic mass is 15.1. The van der Waals surface area contributed by atoms with Crippen molar-refractivity contribution in [3.63, 3.8) is 0 Å². The molecule has 0 aromatic carbocycles. The minimum Gasteiger partial charge on any atom is -0.328 e. The van der Waals surface area contributed by atoms with Crippen molar-refractivity contribution in [3.05, 3.63) is 0 Å². The molecule has 0 aromatic rings. The normalized spacial score (nSPS) is 26.5. The fraction of sp³-hybridized carbons (Fsp3) is 1.00. The van der Waals surface area contributed by atoms with Crippen LogP contribution in [0.3, 0.4) is 0 Å². The van der Waals surface area contributed by atoms with E-state index in [1.54, 1.807) is 0 Å². The second kappa shape index (κ2) is 5.61. The largest absolute Gasteiger partial charge is 0.328 e. The molecule has 2 unspecified atom stereocenters. The molecule has 2 atom stereocenters. The molecule has 0 spiro atoms. The van der Waals surface area contributed by atoms with Gasteiger partial charge in [-0.1, -0.05) is 13.8 Å². The van der Waals surface area contributed by atoms with E-state index in [0.29, 0.717) is 6.04 Å². The van der Waals surface area contributed by atoms with Crippen molar-refractivity contribution in [2.24, 2.45) is 11.7 Å². The Morgan fingerprint density at radius 2 is 2.31 bits per heavy atom. The van der Waals surface area contributed by atoms with Crippen LogP contribution in [0, 0.1) is 5.92 Å². The van der Waals surface area contributed by atoms with Crippen molar-refractivity contribution in [1.29, 1.82) is 0 Å². The molecule has 1 aliphatic heterocycles. The molecule has 78 valence electrons. The Balaban J connectivity index is 2.00. The van der Waals surface area contributed by atoms with Gasteiger partial charge in [-0.05, 0) is 44.7 Å². The summed E-state index contributed by atoms with van der Waals surface area (Å²) in [7, 11) is 0. The van der Waals surface area contributed by atoms with E-state index in [-0.39, 0.29) is 0 Å². The van der Waals surface area contributed by atoms with Crippen LogP contribution in [0.25, 0.3) is 0 Å². The summed E-state index contributed by atoms with van der Waals surface area (Å²) in [5, 5.41) is 0. The Morgan fingerprint density at radius 1 is 1.54 bits per heavy atom. The van der Waals surface area contributed by atoms with Crippen molar-refractivity contribution in [1.82, 2.24) is 4.90 Å². The molecule has 2 heteroatoms. The summed E-state index contributed by atoms with van der Waals surface area (Å²) in [6.07, 6.45) is 4.99. The molecular formula is C11H24N2. The van der Waals surface area contributed by atoms with Crippen LogP contribution in [-0.2, 0) is 0 Å². The lowest BCUT2D eigenvalue weighted by Gasteiger charge is -2.16. The Morgan fingerprint density at radius 3 is 2.85 bits per heavy atom. The second-order valence-electron chi connectivity index (χ2n) is 4.51. The maximum Gasteiger partial charge on any atom is 0.00366 e. The van der Waals surface area contributed by atoms with Crippen molar-refractivity contribution >= 4 is 0 Å². The van der Waals surface area contributed by atoms with Gasteiger partial charge in [-0.2, -0.15) is 0 Å². The van der Waals surface area contributed by atoms with Crippen molar-refractivity contribution in [2.45, 2.75) is 45.6 Å². The van der Waals surface area contributed by atoms with Crippen LogP contribution in [-0.4, -0.2) is 30.6 Å². The smallest absolute Gasteiger partial charge is 0.00366 e. The first-order valence-electron chi connectivity index (χ1n) is 5.70. The van der Waals surface area contributed by atoms with Gasteiger partial charge in [0.15, 0.2) is 0 Å². The Hall–Kier alpha value is -0.0800. The van der Waals surface area contributed by atoms with Crippen LogP contribution in [0.4, 0.5) is 0 Å². The Labute approximate surface area is 82.5 Å². The van der Waals surface area contributed by atoms with E-state index in [4.69, 9.17) is 5.73 Å². The summed E-state index contributed by atoms with van der Waals surface area (Å²) in [6, 6.07) is 0.431. The van der Waals surface area contributed by atoms with Gasteiger partial charge in [-0.3, -0.25) is 0 Å². The summed E-state index contributed by atoms with van der Waals surface area (Å²) in [5.41, 5.74) is 5.87. The van der Waals surface area contributed by atoms with Gasteiger partial charge >= 0.3 is 0 Å². The van der Waals surface area contributed by atoms with E-state index in [9.17, 15) is 0 Å². The first kappa shape index (κ1) is 11.0. The zero-order chi connectivity index (χ0) is 9.68. The van der Waals surface area contributed by atoms with Gasteiger partial charge in [0.2, 0.25) is 0 Å². The number of hydrogen-bond acceptors (Lipinski definition) is 2. The number of nitrogens with two attached hydrogens (primary N) is 1. The van der Waals surface area contributed by atoms with Crippen molar-refractivity contribution in [2.75, 3.05) is 19.6 Å². The van der Waals surface area contributed by atoms with Crippen LogP contribution in [0.15, 0.2) is 0 Å². The second-order valence-corrected chi connectivity index (χ2v) is 4.51. The number of likely N-dealkylation sites (tertiary alicyclic amines) is 1. The van der Waals surface area contributed by atoms with E-state index < -0.39 is 0 Å². The number of rotatable bonds is 5. The van der Waals surface area contributed by atoms with Gasteiger partial charge in [0.25, 0.3) is 0 Å². The zero-order valence-corrected chi connectivity index (χ0v) is 9.13. The van der Waals surface area contributed by atoms with Crippen molar-refractivity contribution in [3.8, 4) is 0 Å². The van der Waals surface area contributed by atoms with Gasteiger partial charge in [-0.25, -0.2) is 0 Å². The maximum atomic E-state index is 5.87. The van der Waals surface area contributed by atoms with Crippen LogP contribution in [0.2, 0.25) is 0 Å². The Kier molecular flexibility index (Phi) is 4.74. The van der Waals surface area contributed by atoms with E-state index in [0.717, 1.165) is 12.3 Å². The molecule has 1 heterocycles. The molecule has 0 amide bonds. The van der Waals surface area contributed by atoms with Crippen molar-refractivity contribution < 1.29 is 0 Å². The fourth-order valence-electron chi connectivity index (χ4n) is 2.01. The highest BCUT2D eigenvalue weighted by Gasteiger charge is 2.17. The molecule has 0 saturated carbocycles. The summed E-state index contributed by atoms with van der Waals surface area (Å²) >= 11 is 0. The predicted molar refractivity (Wildman–Crippen MR) is 57.7 cm³/mol. The molecule has 1 aliphatic rings. The van der Waals surface area contributed by atoms with Gasteiger partial charge in [0.05, 0.1) is 0 Å². The molecule has 2 nitrogen and oxygen atoms in total. The lowest BCUT2D eigenvalue weighted by Crippen LogP contribution is -2.24. The molecule has 0 radical (unpaired) electrons. The van der Waals surface area contributed by atoms with E-state index in [1.165, 1.54) is 38.9 Å². The SMILES string of the molecule is CCC(N)CCCN1CCC(C)C1. The number of nitrogens with zero attached hydrogens (tertiary/aromatic N) is 1. The third-order valence-electron chi connectivity index (χ3n) is 3.08. The quantitative estimate of drug-likeness (QED) is 0.706. The monoisotopic (exact) mass is 184 g/mol. The average Bonchev–Trinajstić information content (AvgIpc) is 2.51. The summed E-state index contributed by atoms with van der Waals surface area (Å²) in [4.78, 5) is 2.58. The molecule has 1 fully saturated rings. The lowest BCUT2D eigenvalue weighted by atomic mass is 10.1. The van der Waals surface area contributed by atoms with E-state index >= 15 is 0 Å². The first-order valence-corrected chi connectivity index (χ1v) is 5.70. The zero-order valence-electron chi connectivity index (χ0n) is 9.13. The van der Waals surface area contributed by atoms with E-state index in [2.05, 4.69) is 18.7 Å². The molecule has 0 bridgehead atoms. The van der Waals surface area contributed by atoms with Gasteiger partial charge in [0, 0.05) is 12.6 Å². The third-order valence-corrected chi connectivity index (χ3v) is 3.08. The topological polar surface area (TPSA) is 29.3 Å². The van der Waals surface area contributed by atoms with E-state index in [1.807, 2.05) is 0 Å². The lowest BCUT2D eigenvalue weighted by molar-refractivity contribution is 0.314. The molecule has 0 aromatic heterocycles. The summed E-state index contributed by atoms with van der Waals surface area (Å²) in [5.74, 6) is 0.917. The van der Waals surface area contributed by atoms with Gasteiger partial charge in [0.1, 0.15) is 0 Å².